The molecule has 22 heavy (non-hydrogen) atoms. The summed E-state index contributed by atoms with van der Waals surface area (Å²) < 4.78 is 29.7. The second-order valence-corrected chi connectivity index (χ2v) is 8.30. The molecular weight excluding hydrogens is 328 g/mol. The summed E-state index contributed by atoms with van der Waals surface area (Å²) in [6.07, 6.45) is 0.580. The monoisotopic (exact) mass is 348 g/mol. The minimum atomic E-state index is -2.95. The van der Waals surface area contributed by atoms with Crippen molar-refractivity contribution in [2.45, 2.75) is 17.5 Å². The number of aromatic nitrogens is 3. The lowest BCUT2D eigenvalue weighted by Gasteiger charge is -2.08. The highest BCUT2D eigenvalue weighted by Gasteiger charge is 2.32. The van der Waals surface area contributed by atoms with E-state index in [0.717, 1.165) is 0 Å². The summed E-state index contributed by atoms with van der Waals surface area (Å²) in [5.74, 6) is 1.03. The summed E-state index contributed by atoms with van der Waals surface area (Å²) in [5, 5.41) is 11.5. The Morgan fingerprint density at radius 2 is 2.27 bits per heavy atom. The predicted molar refractivity (Wildman–Crippen MR) is 82.6 cm³/mol. The van der Waals surface area contributed by atoms with Crippen LogP contribution < -0.4 is 5.32 Å². The Balaban J connectivity index is 1.90. The molecule has 124 valence electrons. The summed E-state index contributed by atoms with van der Waals surface area (Å²) in [7, 11) is 0.418. The Morgan fingerprint density at radius 1 is 1.50 bits per heavy atom. The molecule has 0 spiro atoms. The minimum Gasteiger partial charge on any atom is -0.383 e. The first-order chi connectivity index (χ1) is 10.4. The van der Waals surface area contributed by atoms with Crippen LogP contribution in [0.15, 0.2) is 5.16 Å². The maximum atomic E-state index is 11.6. The summed E-state index contributed by atoms with van der Waals surface area (Å²) >= 11 is 1.28. The van der Waals surface area contributed by atoms with Gasteiger partial charge in [-0.1, -0.05) is 11.8 Å². The summed E-state index contributed by atoms with van der Waals surface area (Å²) in [5.41, 5.74) is 0. The minimum absolute atomic E-state index is 0.102. The van der Waals surface area contributed by atoms with Gasteiger partial charge in [0.05, 0.1) is 23.9 Å². The number of hydrogen-bond acceptors (Lipinski definition) is 7. The first-order valence-electron chi connectivity index (χ1n) is 6.91. The third-order valence-electron chi connectivity index (χ3n) is 3.43. The summed E-state index contributed by atoms with van der Waals surface area (Å²) in [4.78, 5) is 11.6. The molecule has 1 amide bonds. The number of amides is 1. The van der Waals surface area contributed by atoms with Crippen LogP contribution in [0.1, 0.15) is 18.2 Å². The van der Waals surface area contributed by atoms with Crippen molar-refractivity contribution in [2.75, 3.05) is 37.5 Å². The smallest absolute Gasteiger partial charge is 0.230 e. The molecule has 1 aliphatic rings. The molecule has 1 aromatic heterocycles. The molecular formula is C12H20N4O4S2. The second-order valence-electron chi connectivity index (χ2n) is 5.13. The van der Waals surface area contributed by atoms with Gasteiger partial charge in [-0.15, -0.1) is 10.2 Å². The van der Waals surface area contributed by atoms with E-state index in [4.69, 9.17) is 4.74 Å². The van der Waals surface area contributed by atoms with Crippen LogP contribution in [-0.2, 0) is 26.4 Å². The van der Waals surface area contributed by atoms with Gasteiger partial charge in [0.15, 0.2) is 15.0 Å². The van der Waals surface area contributed by atoms with E-state index >= 15 is 0 Å². The van der Waals surface area contributed by atoms with Crippen LogP contribution in [0.4, 0.5) is 0 Å². The highest BCUT2D eigenvalue weighted by atomic mass is 32.2. The van der Waals surface area contributed by atoms with Crippen LogP contribution in [0, 0.1) is 0 Å². The molecule has 1 fully saturated rings. The van der Waals surface area contributed by atoms with Gasteiger partial charge in [-0.05, 0) is 6.42 Å². The van der Waals surface area contributed by atoms with E-state index in [1.807, 2.05) is 0 Å². The number of rotatable bonds is 7. The topological polar surface area (TPSA) is 103 Å². The zero-order valence-electron chi connectivity index (χ0n) is 12.6. The van der Waals surface area contributed by atoms with Crippen LogP contribution >= 0.6 is 11.8 Å². The molecule has 0 aliphatic carbocycles. The quantitative estimate of drug-likeness (QED) is 0.527. The average molecular weight is 348 g/mol. The number of sulfone groups is 1. The fourth-order valence-corrected chi connectivity index (χ4v) is 4.77. The lowest BCUT2D eigenvalue weighted by molar-refractivity contribution is -0.118. The number of hydrogen-bond donors (Lipinski definition) is 1. The third kappa shape index (κ3) is 4.43. The van der Waals surface area contributed by atoms with Gasteiger partial charge < -0.3 is 14.6 Å². The molecule has 2 rings (SSSR count). The van der Waals surface area contributed by atoms with E-state index in [1.165, 1.54) is 11.8 Å². The fraction of sp³-hybridized carbons (Fsp3) is 0.750. The van der Waals surface area contributed by atoms with Crippen molar-refractivity contribution >= 4 is 27.5 Å². The maximum Gasteiger partial charge on any atom is 0.230 e. The van der Waals surface area contributed by atoms with Crippen LogP contribution in [0.2, 0.25) is 0 Å². The number of nitrogens with zero attached hydrogens (tertiary/aromatic N) is 3. The van der Waals surface area contributed by atoms with Crippen molar-refractivity contribution in [1.82, 2.24) is 20.1 Å². The highest BCUT2D eigenvalue weighted by Crippen LogP contribution is 2.29. The number of nitrogens with one attached hydrogen (secondary N) is 1. The molecule has 0 bridgehead atoms. The summed E-state index contributed by atoms with van der Waals surface area (Å²) in [6, 6.07) is 0. The van der Waals surface area contributed by atoms with Crippen molar-refractivity contribution in [3.8, 4) is 0 Å². The van der Waals surface area contributed by atoms with E-state index in [1.54, 1.807) is 18.7 Å². The van der Waals surface area contributed by atoms with Crippen LogP contribution in [0.3, 0.4) is 0 Å². The van der Waals surface area contributed by atoms with Gasteiger partial charge >= 0.3 is 0 Å². The SMILES string of the molecule is COCCNC(=O)CSc1nnc([C@H]2CCS(=O)(=O)C2)n1C. The second kappa shape index (κ2) is 7.42. The van der Waals surface area contributed by atoms with Gasteiger partial charge in [0, 0.05) is 26.6 Å². The van der Waals surface area contributed by atoms with Crippen molar-refractivity contribution < 1.29 is 17.9 Å². The molecule has 0 saturated carbocycles. The van der Waals surface area contributed by atoms with Gasteiger partial charge in [0.2, 0.25) is 5.91 Å². The molecule has 8 nitrogen and oxygen atoms in total. The summed E-state index contributed by atoms with van der Waals surface area (Å²) in [6.45, 7) is 0.945. The normalized spacial score (nSPS) is 20.2. The lowest BCUT2D eigenvalue weighted by atomic mass is 10.1. The largest absolute Gasteiger partial charge is 0.383 e. The zero-order chi connectivity index (χ0) is 16.2. The Hall–Kier alpha value is -1.13. The molecule has 0 radical (unpaired) electrons. The molecule has 0 aromatic carbocycles. The van der Waals surface area contributed by atoms with Gasteiger partial charge in [-0.3, -0.25) is 4.79 Å². The predicted octanol–water partition coefficient (Wildman–Crippen LogP) is -0.428. The van der Waals surface area contributed by atoms with Crippen molar-refractivity contribution in [2.24, 2.45) is 7.05 Å². The Bertz CT molecular complexity index is 629. The van der Waals surface area contributed by atoms with E-state index < -0.39 is 9.84 Å². The highest BCUT2D eigenvalue weighted by molar-refractivity contribution is 7.99. The maximum absolute atomic E-state index is 11.6. The lowest BCUT2D eigenvalue weighted by Crippen LogP contribution is -2.28. The van der Waals surface area contributed by atoms with Gasteiger partial charge in [0.25, 0.3) is 0 Å². The van der Waals surface area contributed by atoms with Gasteiger partial charge in [-0.25, -0.2) is 8.42 Å². The molecule has 10 heteroatoms. The zero-order valence-corrected chi connectivity index (χ0v) is 14.2. The Kier molecular flexibility index (Phi) is 5.81. The third-order valence-corrected chi connectivity index (χ3v) is 6.22. The number of carbonyl (C=O) groups excluding carboxylic acids is 1. The fourth-order valence-electron chi connectivity index (χ4n) is 2.28. The molecule has 1 N–H and O–H groups in total. The van der Waals surface area contributed by atoms with E-state index in [0.29, 0.717) is 30.6 Å². The Morgan fingerprint density at radius 3 is 2.91 bits per heavy atom. The van der Waals surface area contributed by atoms with Crippen LogP contribution in [-0.4, -0.2) is 66.6 Å². The van der Waals surface area contributed by atoms with Crippen LogP contribution in [0.25, 0.3) is 0 Å². The first kappa shape index (κ1) is 17.2. The molecule has 1 atom stereocenters. The van der Waals surface area contributed by atoms with Crippen molar-refractivity contribution in [3.05, 3.63) is 5.82 Å². The van der Waals surface area contributed by atoms with Gasteiger partial charge in [-0.2, -0.15) is 0 Å². The molecule has 1 aliphatic heterocycles. The van der Waals surface area contributed by atoms with Crippen LogP contribution in [0.5, 0.6) is 0 Å². The average Bonchev–Trinajstić information content (AvgIpc) is 2.99. The Labute approximate surface area is 133 Å². The number of thioether (sulfide) groups is 1. The standard InChI is InChI=1S/C12H20N4O4S2/c1-16-11(9-3-6-22(18,19)8-9)14-15-12(16)21-7-10(17)13-4-5-20-2/h9H,3-8H2,1-2H3,(H,13,17)/t9-/m0/s1. The van der Waals surface area contributed by atoms with Gasteiger partial charge in [0.1, 0.15) is 5.82 Å². The van der Waals surface area contributed by atoms with E-state index in [2.05, 4.69) is 15.5 Å². The van der Waals surface area contributed by atoms with Crippen molar-refractivity contribution in [1.29, 1.82) is 0 Å². The van der Waals surface area contributed by atoms with E-state index in [-0.39, 0.29) is 29.1 Å². The molecule has 1 saturated heterocycles. The number of ether oxygens (including phenoxy) is 1. The van der Waals surface area contributed by atoms with Crippen molar-refractivity contribution in [3.63, 3.8) is 0 Å². The number of carbonyl (C=O) groups is 1. The number of methoxy groups -OCH3 is 1. The molecule has 0 unspecified atom stereocenters. The molecule has 2 heterocycles. The first-order valence-corrected chi connectivity index (χ1v) is 9.72. The molecule has 1 aromatic rings. The van der Waals surface area contributed by atoms with E-state index in [9.17, 15) is 13.2 Å².